The van der Waals surface area contributed by atoms with Gasteiger partial charge < -0.3 is 14.2 Å². The van der Waals surface area contributed by atoms with Gasteiger partial charge in [-0.15, -0.1) is 4.76 Å². The number of nitrogens with zero attached hydrogens (tertiary/aromatic N) is 3. The first-order valence-electron chi connectivity index (χ1n) is 16.9. The van der Waals surface area contributed by atoms with Gasteiger partial charge in [-0.05, 0) is 87.6 Å². The van der Waals surface area contributed by atoms with Gasteiger partial charge in [0.2, 0.25) is 12.2 Å². The van der Waals surface area contributed by atoms with Gasteiger partial charge in [0.05, 0.1) is 23.5 Å². The van der Waals surface area contributed by atoms with Crippen LogP contribution < -0.4 is 0 Å². The van der Waals surface area contributed by atoms with Crippen LogP contribution in [-0.2, 0) is 37.4 Å². The Balaban J connectivity index is 1.16. The van der Waals surface area contributed by atoms with Crippen molar-refractivity contribution in [2.45, 2.75) is 97.2 Å². The number of ether oxygens (including phenoxy) is 3. The van der Waals surface area contributed by atoms with Crippen LogP contribution in [0.4, 0.5) is 0 Å². The molecule has 0 saturated carbocycles. The van der Waals surface area contributed by atoms with Gasteiger partial charge >= 0.3 is 19.7 Å². The Kier molecular flexibility index (Phi) is 10.3. The van der Waals surface area contributed by atoms with Crippen molar-refractivity contribution < 1.29 is 37.4 Å². The minimum absolute atomic E-state index is 0.0646. The number of esters is 2. The SMILES string of the molecule is CCC(C)(C)C(=O)O[C@H]1CCC=C2C=C[C@H](C)[C@H](CC[C@H]3C[C@@H](OP4(=O)N=C(c5cccnc5)OC(c5cccnc5)O4)CC(=O)O3)C21. The first kappa shape index (κ1) is 34.2. The number of carbonyl (C=O) groups excluding carboxylic acids is 2. The van der Waals surface area contributed by atoms with E-state index in [1.807, 2.05) is 20.8 Å². The molecule has 4 heterocycles. The van der Waals surface area contributed by atoms with Gasteiger partial charge in [-0.25, -0.2) is 9.09 Å². The highest BCUT2D eigenvalue weighted by Crippen LogP contribution is 2.58. The van der Waals surface area contributed by atoms with Crippen LogP contribution in [0.5, 0.6) is 0 Å². The molecule has 3 unspecified atom stereocenters. The van der Waals surface area contributed by atoms with Crippen molar-refractivity contribution in [1.82, 2.24) is 9.97 Å². The van der Waals surface area contributed by atoms with E-state index >= 15 is 0 Å². The topological polar surface area (TPSA) is 136 Å². The third kappa shape index (κ3) is 7.80. The third-order valence-electron chi connectivity index (χ3n) is 9.89. The summed E-state index contributed by atoms with van der Waals surface area (Å²) in [5.41, 5.74) is 1.70. The summed E-state index contributed by atoms with van der Waals surface area (Å²) in [6.07, 6.45) is 14.4. The summed E-state index contributed by atoms with van der Waals surface area (Å²) in [6, 6.07) is 6.92. The predicted molar refractivity (Wildman–Crippen MR) is 177 cm³/mol. The molecular weight excluding hydrogens is 633 g/mol. The van der Waals surface area contributed by atoms with Crippen LogP contribution in [-0.4, -0.2) is 46.1 Å². The summed E-state index contributed by atoms with van der Waals surface area (Å²) < 4.78 is 48.3. The number of pyridine rings is 2. The van der Waals surface area contributed by atoms with Crippen molar-refractivity contribution in [1.29, 1.82) is 0 Å². The summed E-state index contributed by atoms with van der Waals surface area (Å²) >= 11 is 0. The highest BCUT2D eigenvalue weighted by Gasteiger charge is 2.44. The van der Waals surface area contributed by atoms with Crippen molar-refractivity contribution in [3.05, 3.63) is 84.0 Å². The molecule has 48 heavy (non-hydrogen) atoms. The monoisotopic (exact) mass is 677 g/mol. The number of cyclic esters (lactones) is 1. The fraction of sp³-hybridized carbons (Fsp3) is 0.528. The lowest BCUT2D eigenvalue weighted by atomic mass is 9.66. The van der Waals surface area contributed by atoms with Gasteiger partial charge in [0.1, 0.15) is 12.2 Å². The zero-order chi connectivity index (χ0) is 33.9. The lowest BCUT2D eigenvalue weighted by Crippen LogP contribution is -2.42. The molecule has 12 heteroatoms. The predicted octanol–water partition coefficient (Wildman–Crippen LogP) is 7.45. The summed E-state index contributed by atoms with van der Waals surface area (Å²) in [7, 11) is -4.16. The van der Waals surface area contributed by atoms with E-state index < -0.39 is 37.6 Å². The summed E-state index contributed by atoms with van der Waals surface area (Å²) in [5, 5.41) is 0. The van der Waals surface area contributed by atoms with Gasteiger partial charge in [0.25, 0.3) is 0 Å². The Morgan fingerprint density at radius 3 is 2.62 bits per heavy atom. The first-order chi connectivity index (χ1) is 23.0. The van der Waals surface area contributed by atoms with Crippen molar-refractivity contribution in [3.8, 4) is 0 Å². The number of hydrogen-bond acceptors (Lipinski definition) is 10. The van der Waals surface area contributed by atoms with Crippen molar-refractivity contribution in [2.75, 3.05) is 0 Å². The van der Waals surface area contributed by atoms with Crippen LogP contribution in [0.15, 0.2) is 77.6 Å². The average molecular weight is 678 g/mol. The van der Waals surface area contributed by atoms with E-state index in [1.54, 1.807) is 49.1 Å². The maximum Gasteiger partial charge on any atom is 0.460 e. The van der Waals surface area contributed by atoms with Gasteiger partial charge in [-0.3, -0.25) is 24.1 Å². The number of hydrogen-bond donors (Lipinski definition) is 0. The second-order valence-electron chi connectivity index (χ2n) is 13.7. The minimum atomic E-state index is -4.16. The smallest absolute Gasteiger partial charge is 0.460 e. The van der Waals surface area contributed by atoms with Crippen LogP contribution in [0.3, 0.4) is 0 Å². The zero-order valence-corrected chi connectivity index (χ0v) is 28.8. The van der Waals surface area contributed by atoms with Gasteiger partial charge in [-0.1, -0.05) is 32.1 Å². The normalized spacial score (nSPS) is 31.8. The standard InChI is InChI=1S/C36H44N3O8P/c1-5-36(3,4)35(41)44-30-12-6-9-24-14-13-23(2)29(32(24)30)16-15-27-19-28(20-31(40)43-27)46-48(42)39-33(25-10-7-17-37-21-25)45-34(47-48)26-11-8-18-38-22-26/h7-11,13-14,17-18,21-23,27-30,32,34H,5-6,12,15-16,19-20H2,1-4H3/t23-,27-,28+,29-,30-,32?,34?,48?/m0/s1. The zero-order valence-electron chi connectivity index (χ0n) is 27.9. The second kappa shape index (κ2) is 14.4. The molecule has 11 nitrogen and oxygen atoms in total. The fourth-order valence-corrected chi connectivity index (χ4v) is 8.25. The molecule has 1 fully saturated rings. The molecule has 1 saturated heterocycles. The summed E-state index contributed by atoms with van der Waals surface area (Å²) in [4.78, 5) is 34.2. The molecule has 0 amide bonds. The molecule has 2 aromatic heterocycles. The van der Waals surface area contributed by atoms with Crippen molar-refractivity contribution in [3.63, 3.8) is 0 Å². The fourth-order valence-electron chi connectivity index (χ4n) is 6.77. The Morgan fingerprint density at radius 2 is 1.90 bits per heavy atom. The molecule has 8 atom stereocenters. The van der Waals surface area contributed by atoms with Gasteiger partial charge in [0, 0.05) is 42.7 Å². The second-order valence-corrected chi connectivity index (χ2v) is 15.2. The molecule has 0 bridgehead atoms. The van der Waals surface area contributed by atoms with E-state index in [0.29, 0.717) is 30.4 Å². The Labute approximate surface area is 281 Å². The molecule has 0 radical (unpaired) electrons. The van der Waals surface area contributed by atoms with E-state index in [9.17, 15) is 14.2 Å². The van der Waals surface area contributed by atoms with Gasteiger partial charge in [-0.2, -0.15) is 0 Å². The molecular formula is C36H44N3O8P. The number of allylic oxidation sites excluding steroid dienone is 3. The van der Waals surface area contributed by atoms with E-state index in [-0.39, 0.29) is 42.1 Å². The largest absolute Gasteiger partial charge is 0.462 e. The maximum absolute atomic E-state index is 14.1. The maximum atomic E-state index is 14.1. The number of carbonyl (C=O) groups is 2. The quantitative estimate of drug-likeness (QED) is 0.184. The summed E-state index contributed by atoms with van der Waals surface area (Å²) in [6.45, 7) is 8.04. The number of aromatic nitrogens is 2. The van der Waals surface area contributed by atoms with E-state index in [0.717, 1.165) is 19.3 Å². The molecule has 256 valence electrons. The van der Waals surface area contributed by atoms with Crippen LogP contribution in [0.1, 0.15) is 90.1 Å². The minimum Gasteiger partial charge on any atom is -0.462 e. The van der Waals surface area contributed by atoms with E-state index in [4.69, 9.17) is 23.3 Å². The highest BCUT2D eigenvalue weighted by molar-refractivity contribution is 7.52. The van der Waals surface area contributed by atoms with Crippen LogP contribution in [0, 0.1) is 23.2 Å². The molecule has 2 aliphatic carbocycles. The molecule has 0 N–H and O–H groups in total. The third-order valence-corrected chi connectivity index (χ3v) is 11.3. The molecule has 2 aliphatic heterocycles. The Hall–Kier alpha value is -3.66. The molecule has 4 aliphatic rings. The van der Waals surface area contributed by atoms with Crippen molar-refractivity contribution in [2.24, 2.45) is 27.9 Å². The summed E-state index contributed by atoms with van der Waals surface area (Å²) in [5.74, 6) is -0.0302. The molecule has 2 aromatic rings. The molecule has 0 aromatic carbocycles. The van der Waals surface area contributed by atoms with Crippen molar-refractivity contribution >= 4 is 25.6 Å². The van der Waals surface area contributed by atoms with E-state index in [2.05, 4.69) is 39.9 Å². The van der Waals surface area contributed by atoms with Crippen LogP contribution in [0.25, 0.3) is 0 Å². The Bertz CT molecular complexity index is 1610. The lowest BCUT2D eigenvalue weighted by molar-refractivity contribution is -0.165. The first-order valence-corrected chi connectivity index (χ1v) is 18.4. The average Bonchev–Trinajstić information content (AvgIpc) is 3.08. The van der Waals surface area contributed by atoms with E-state index in [1.165, 1.54) is 5.57 Å². The highest BCUT2D eigenvalue weighted by atomic mass is 31.2. The lowest BCUT2D eigenvalue weighted by Gasteiger charge is -2.43. The molecule has 6 rings (SSSR count). The van der Waals surface area contributed by atoms with Crippen LogP contribution in [0.2, 0.25) is 0 Å². The van der Waals surface area contributed by atoms with Crippen LogP contribution >= 0.6 is 7.75 Å². The van der Waals surface area contributed by atoms with Gasteiger partial charge in [0.15, 0.2) is 0 Å². The number of fused-ring (bicyclic) bond motifs is 1. The molecule has 0 spiro atoms. The number of rotatable bonds is 10. The Morgan fingerprint density at radius 1 is 1.10 bits per heavy atom.